The van der Waals surface area contributed by atoms with E-state index in [9.17, 15) is 19.2 Å². The third-order valence-electron chi connectivity index (χ3n) is 10.9. The highest BCUT2D eigenvalue weighted by Gasteiger charge is 2.58. The van der Waals surface area contributed by atoms with Crippen molar-refractivity contribution in [2.75, 3.05) is 27.4 Å². The SMILES string of the molecule is COC(=O)[C@H]1O[C@@H](O[C@H]2[C@H](OCc3ccccc3)[C@H](OCc3ccccc3)[C@H](OCCCN)O[C@@H]2C(=O)OC)[C@@H](OCc2ccccc2)[C@@H](OCc2ccccc2)[C@@H]1OC(=O)CCC(C)=O. The van der Waals surface area contributed by atoms with Crippen molar-refractivity contribution in [3.63, 3.8) is 0 Å². The van der Waals surface area contributed by atoms with Gasteiger partial charge in [0.05, 0.1) is 53.7 Å². The second-order valence-corrected chi connectivity index (χ2v) is 15.7. The Kier molecular flexibility index (Phi) is 19.8. The maximum Gasteiger partial charge on any atom is 0.339 e. The van der Waals surface area contributed by atoms with Gasteiger partial charge < -0.3 is 62.6 Å². The van der Waals surface area contributed by atoms with E-state index in [1.165, 1.54) is 14.0 Å². The van der Waals surface area contributed by atoms with Crippen LogP contribution < -0.4 is 5.73 Å². The van der Waals surface area contributed by atoms with E-state index in [2.05, 4.69) is 0 Å². The van der Waals surface area contributed by atoms with E-state index < -0.39 is 79.3 Å². The van der Waals surface area contributed by atoms with Gasteiger partial charge in [0.2, 0.25) is 0 Å². The van der Waals surface area contributed by atoms with E-state index >= 15 is 0 Å². The van der Waals surface area contributed by atoms with E-state index in [1.807, 2.05) is 121 Å². The molecule has 4 aromatic rings. The molecule has 2 N–H and O–H groups in total. The van der Waals surface area contributed by atoms with E-state index in [4.69, 9.17) is 57.8 Å². The zero-order valence-electron chi connectivity index (χ0n) is 37.4. The van der Waals surface area contributed by atoms with Gasteiger partial charge in [-0.1, -0.05) is 121 Å². The Balaban J connectivity index is 1.45. The summed E-state index contributed by atoms with van der Waals surface area (Å²) in [6.07, 6.45) is -13.6. The summed E-state index contributed by atoms with van der Waals surface area (Å²) in [6, 6.07) is 37.3. The molecule has 2 heterocycles. The van der Waals surface area contributed by atoms with E-state index in [0.717, 1.165) is 29.4 Å². The number of rotatable bonds is 24. The Hall–Kier alpha value is -5.40. The van der Waals surface area contributed by atoms with Gasteiger partial charge in [-0.05, 0) is 42.1 Å². The van der Waals surface area contributed by atoms with Crippen molar-refractivity contribution in [3.05, 3.63) is 144 Å². The van der Waals surface area contributed by atoms with E-state index in [-0.39, 0.29) is 51.7 Å². The molecule has 2 aliphatic rings. The summed E-state index contributed by atoms with van der Waals surface area (Å²) in [5.41, 5.74) is 8.98. The van der Waals surface area contributed by atoms with Gasteiger partial charge in [0, 0.05) is 6.42 Å². The van der Waals surface area contributed by atoms with Gasteiger partial charge in [-0.25, -0.2) is 9.59 Å². The van der Waals surface area contributed by atoms with Crippen molar-refractivity contribution < 1.29 is 71.3 Å². The lowest BCUT2D eigenvalue weighted by atomic mass is 9.95. The molecule has 16 nitrogen and oxygen atoms in total. The normalized spacial score (nSPS) is 25.1. The lowest BCUT2D eigenvalue weighted by Crippen LogP contribution is -2.67. The first-order valence-electron chi connectivity index (χ1n) is 21.9. The molecule has 2 aliphatic heterocycles. The third-order valence-corrected chi connectivity index (χ3v) is 10.9. The molecule has 2 saturated heterocycles. The van der Waals surface area contributed by atoms with E-state index in [0.29, 0.717) is 13.0 Å². The highest BCUT2D eigenvalue weighted by atomic mass is 16.8. The minimum atomic E-state index is -1.67. The van der Waals surface area contributed by atoms with Gasteiger partial charge in [0.15, 0.2) is 30.9 Å². The van der Waals surface area contributed by atoms with Crippen LogP contribution in [-0.4, -0.2) is 112 Å². The lowest BCUT2D eigenvalue weighted by molar-refractivity contribution is -0.366. The topological polar surface area (TPSA) is 196 Å². The van der Waals surface area contributed by atoms with Crippen molar-refractivity contribution >= 4 is 23.7 Å². The van der Waals surface area contributed by atoms with Gasteiger partial charge >= 0.3 is 17.9 Å². The monoisotopic (exact) mass is 913 g/mol. The molecule has 0 spiro atoms. The van der Waals surface area contributed by atoms with Crippen LogP contribution in [0, 0.1) is 0 Å². The molecule has 0 amide bonds. The second-order valence-electron chi connectivity index (χ2n) is 15.7. The molecule has 2 fully saturated rings. The molecule has 0 radical (unpaired) electrons. The average Bonchev–Trinajstić information content (AvgIpc) is 3.35. The summed E-state index contributed by atoms with van der Waals surface area (Å²) in [5, 5.41) is 0. The van der Waals surface area contributed by atoms with Crippen LogP contribution in [0.4, 0.5) is 0 Å². The smallest absolute Gasteiger partial charge is 0.339 e. The maximum absolute atomic E-state index is 14.0. The molecule has 4 aromatic carbocycles. The Morgan fingerprint density at radius 2 is 0.894 bits per heavy atom. The fourth-order valence-corrected chi connectivity index (χ4v) is 7.48. The molecule has 6 rings (SSSR count). The standard InChI is InChI=1S/C50H59NO15/c1-33(52)25-26-38(53)63-41-39(59-29-34-17-8-4-9-18-34)46(62-32-37-23-14-7-15-24-37)50(66-43(41)47(54)56-2)64-42-40(60-30-35-19-10-5-11-20-35)45(61-31-36-21-12-6-13-22-36)49(58-28-16-27-51)65-44(42)48(55)57-3/h4-15,17-24,39-46,49-50H,16,25-32,51H2,1-3H3/t39-,40-,41-,42-,43-,44-,45-,46-,49+,50+/m0/s1. The number of benzene rings is 4. The zero-order valence-corrected chi connectivity index (χ0v) is 37.4. The molecular weight excluding hydrogens is 855 g/mol. The van der Waals surface area contributed by atoms with E-state index in [1.54, 1.807) is 0 Å². The van der Waals surface area contributed by atoms with Crippen molar-refractivity contribution in [1.82, 2.24) is 0 Å². The Bertz CT molecular complexity index is 2080. The maximum atomic E-state index is 14.0. The first-order valence-corrected chi connectivity index (χ1v) is 21.9. The van der Waals surface area contributed by atoms with Gasteiger partial charge in [0.25, 0.3) is 0 Å². The Morgan fingerprint density at radius 1 is 0.500 bits per heavy atom. The van der Waals surface area contributed by atoms with Crippen molar-refractivity contribution in [2.45, 2.75) is 114 Å². The van der Waals surface area contributed by atoms with Gasteiger partial charge in [-0.3, -0.25) is 4.79 Å². The summed E-state index contributed by atoms with van der Waals surface area (Å²) in [7, 11) is 2.36. The number of ketones is 1. The number of carbonyl (C=O) groups is 4. The van der Waals surface area contributed by atoms with Crippen molar-refractivity contribution in [3.8, 4) is 0 Å². The number of esters is 3. The number of ether oxygens (including phenoxy) is 11. The predicted octanol–water partition coefficient (Wildman–Crippen LogP) is 5.16. The van der Waals surface area contributed by atoms with Gasteiger partial charge in [-0.15, -0.1) is 0 Å². The fraction of sp³-hybridized carbons (Fsp3) is 0.440. The largest absolute Gasteiger partial charge is 0.467 e. The van der Waals surface area contributed by atoms with Crippen molar-refractivity contribution in [1.29, 1.82) is 0 Å². The molecule has 0 aromatic heterocycles. The summed E-state index contributed by atoms with van der Waals surface area (Å²) in [5.74, 6) is -2.79. The number of Topliss-reactive ketones (excluding diaryl/α,β-unsaturated/α-hetero) is 1. The number of methoxy groups -OCH3 is 2. The summed E-state index contributed by atoms with van der Waals surface area (Å²) in [6.45, 7) is 1.91. The average molecular weight is 914 g/mol. The number of hydrogen-bond acceptors (Lipinski definition) is 16. The van der Waals surface area contributed by atoms with Crippen LogP contribution >= 0.6 is 0 Å². The summed E-state index contributed by atoms with van der Waals surface area (Å²) >= 11 is 0. The third kappa shape index (κ3) is 14.3. The molecule has 10 atom stereocenters. The Labute approximate surface area is 384 Å². The molecule has 354 valence electrons. The van der Waals surface area contributed by atoms with Gasteiger partial charge in [-0.2, -0.15) is 0 Å². The number of nitrogens with two attached hydrogens (primary N) is 1. The predicted molar refractivity (Wildman–Crippen MR) is 236 cm³/mol. The first kappa shape index (κ1) is 50.0. The highest BCUT2D eigenvalue weighted by Crippen LogP contribution is 2.37. The summed E-state index contributed by atoms with van der Waals surface area (Å²) < 4.78 is 69.3. The minimum absolute atomic E-state index is 0.0246. The van der Waals surface area contributed by atoms with Crippen LogP contribution in [0.3, 0.4) is 0 Å². The second kappa shape index (κ2) is 26.1. The first-order chi connectivity index (χ1) is 32.2. The van der Waals surface area contributed by atoms with Crippen LogP contribution in [-0.2, 0) is 97.7 Å². The van der Waals surface area contributed by atoms with Gasteiger partial charge in [0.1, 0.15) is 36.3 Å². The lowest BCUT2D eigenvalue weighted by Gasteiger charge is -2.49. The number of hydrogen-bond donors (Lipinski definition) is 1. The van der Waals surface area contributed by atoms with Crippen LogP contribution in [0.15, 0.2) is 121 Å². The van der Waals surface area contributed by atoms with Crippen molar-refractivity contribution in [2.24, 2.45) is 5.73 Å². The summed E-state index contributed by atoms with van der Waals surface area (Å²) in [4.78, 5) is 53.2. The fourth-order valence-electron chi connectivity index (χ4n) is 7.48. The van der Waals surface area contributed by atoms with Crippen LogP contribution in [0.1, 0.15) is 48.4 Å². The molecule has 0 saturated carbocycles. The highest BCUT2D eigenvalue weighted by molar-refractivity contribution is 5.81. The molecular formula is C50H59NO15. The quantitative estimate of drug-likeness (QED) is 0.0550. The number of carbonyl (C=O) groups excluding carboxylic acids is 4. The Morgan fingerprint density at radius 3 is 1.32 bits per heavy atom. The molecule has 16 heteroatoms. The van der Waals surface area contributed by atoms with Crippen LogP contribution in [0.2, 0.25) is 0 Å². The molecule has 66 heavy (non-hydrogen) atoms. The zero-order chi connectivity index (χ0) is 46.7. The molecule has 0 bridgehead atoms. The van der Waals surface area contributed by atoms with Crippen LogP contribution in [0.25, 0.3) is 0 Å². The minimum Gasteiger partial charge on any atom is -0.467 e. The molecule has 0 unspecified atom stereocenters. The van der Waals surface area contributed by atoms with Crippen LogP contribution in [0.5, 0.6) is 0 Å². The molecule has 0 aliphatic carbocycles.